The van der Waals surface area contributed by atoms with E-state index < -0.39 is 0 Å². The molecule has 0 aliphatic carbocycles. The monoisotopic (exact) mass is 268 g/mol. The minimum atomic E-state index is 0.222. The number of rotatable bonds is 4. The number of hydrogen-bond acceptors (Lipinski definition) is 2. The van der Waals surface area contributed by atoms with Crippen molar-refractivity contribution in [2.45, 2.75) is 46.2 Å². The molecule has 20 heavy (non-hydrogen) atoms. The Morgan fingerprint density at radius 1 is 1.00 bits per heavy atom. The topological polar surface area (TPSA) is 24.9 Å². The molecular weight excluding hydrogens is 244 g/mol. The molecule has 0 spiro atoms. The van der Waals surface area contributed by atoms with Gasteiger partial charge in [0.05, 0.1) is 0 Å². The van der Waals surface area contributed by atoms with E-state index in [1.165, 1.54) is 22.3 Å². The highest BCUT2D eigenvalue weighted by molar-refractivity contribution is 5.27. The molecule has 0 saturated carbocycles. The maximum Gasteiger partial charge on any atom is 0.0300 e. The zero-order valence-corrected chi connectivity index (χ0v) is 12.9. The summed E-state index contributed by atoms with van der Waals surface area (Å²) >= 11 is 0. The Labute approximate surface area is 122 Å². The first-order chi connectivity index (χ1) is 9.47. The predicted octanol–water partition coefficient (Wildman–Crippen LogP) is 3.98. The summed E-state index contributed by atoms with van der Waals surface area (Å²) in [6, 6.07) is 11.0. The van der Waals surface area contributed by atoms with Crippen molar-refractivity contribution in [3.8, 4) is 0 Å². The van der Waals surface area contributed by atoms with Gasteiger partial charge in [0.15, 0.2) is 0 Å². The van der Waals surface area contributed by atoms with Gasteiger partial charge in [0.1, 0.15) is 0 Å². The fourth-order valence-electron chi connectivity index (χ4n) is 2.16. The van der Waals surface area contributed by atoms with Crippen molar-refractivity contribution in [2.75, 3.05) is 0 Å². The largest absolute Gasteiger partial charge is 0.309 e. The zero-order chi connectivity index (χ0) is 14.6. The van der Waals surface area contributed by atoms with Crippen molar-refractivity contribution in [1.29, 1.82) is 0 Å². The first-order valence-corrected chi connectivity index (χ1v) is 7.16. The highest BCUT2D eigenvalue weighted by atomic mass is 14.8. The second-order valence-electron chi connectivity index (χ2n) is 6.35. The fourth-order valence-corrected chi connectivity index (χ4v) is 2.16. The number of hydrogen-bond donors (Lipinski definition) is 1. The van der Waals surface area contributed by atoms with Gasteiger partial charge >= 0.3 is 0 Å². The smallest absolute Gasteiger partial charge is 0.0300 e. The lowest BCUT2D eigenvalue weighted by Gasteiger charge is -2.19. The lowest BCUT2D eigenvalue weighted by atomic mass is 9.87. The molecule has 106 valence electrons. The van der Waals surface area contributed by atoms with Crippen LogP contribution in [0.15, 0.2) is 42.7 Å². The van der Waals surface area contributed by atoms with Crippen molar-refractivity contribution in [3.63, 3.8) is 0 Å². The van der Waals surface area contributed by atoms with Crippen LogP contribution in [0.1, 0.15) is 43.0 Å². The van der Waals surface area contributed by atoms with Crippen LogP contribution < -0.4 is 5.32 Å². The first-order valence-electron chi connectivity index (χ1n) is 7.16. The third-order valence-corrected chi connectivity index (χ3v) is 3.60. The maximum atomic E-state index is 4.12. The van der Waals surface area contributed by atoms with E-state index in [1.54, 1.807) is 0 Å². The van der Waals surface area contributed by atoms with Gasteiger partial charge in [-0.1, -0.05) is 45.0 Å². The molecule has 0 radical (unpaired) electrons. The van der Waals surface area contributed by atoms with E-state index in [9.17, 15) is 0 Å². The molecule has 0 saturated heterocycles. The van der Waals surface area contributed by atoms with Crippen LogP contribution in [-0.2, 0) is 18.5 Å². The van der Waals surface area contributed by atoms with E-state index >= 15 is 0 Å². The number of aromatic nitrogens is 1. The first kappa shape index (κ1) is 14.7. The molecule has 0 aliphatic heterocycles. The minimum absolute atomic E-state index is 0.222. The van der Waals surface area contributed by atoms with Gasteiger partial charge in [0.25, 0.3) is 0 Å². The van der Waals surface area contributed by atoms with Crippen molar-refractivity contribution in [2.24, 2.45) is 0 Å². The summed E-state index contributed by atoms with van der Waals surface area (Å²) in [6.07, 6.45) is 3.76. The Kier molecular flexibility index (Phi) is 4.56. The van der Waals surface area contributed by atoms with E-state index in [0.29, 0.717) is 0 Å². The minimum Gasteiger partial charge on any atom is -0.309 e. The molecule has 2 heteroatoms. The summed E-state index contributed by atoms with van der Waals surface area (Å²) in [5.74, 6) is 0. The van der Waals surface area contributed by atoms with E-state index in [0.717, 1.165) is 13.1 Å². The van der Waals surface area contributed by atoms with Gasteiger partial charge in [-0.25, -0.2) is 0 Å². The lowest BCUT2D eigenvalue weighted by molar-refractivity contribution is 0.589. The molecule has 0 atom stereocenters. The van der Waals surface area contributed by atoms with Gasteiger partial charge in [-0.2, -0.15) is 0 Å². The van der Waals surface area contributed by atoms with Crippen LogP contribution in [-0.4, -0.2) is 4.98 Å². The average Bonchev–Trinajstić information content (AvgIpc) is 2.40. The molecule has 0 amide bonds. The Balaban J connectivity index is 1.90. The van der Waals surface area contributed by atoms with Gasteiger partial charge < -0.3 is 5.32 Å². The summed E-state index contributed by atoms with van der Waals surface area (Å²) in [4.78, 5) is 4.12. The third kappa shape index (κ3) is 3.91. The van der Waals surface area contributed by atoms with E-state index in [2.05, 4.69) is 68.3 Å². The van der Waals surface area contributed by atoms with Crippen LogP contribution in [0, 0.1) is 6.92 Å². The van der Waals surface area contributed by atoms with Gasteiger partial charge in [-0.05, 0) is 40.7 Å². The highest BCUT2D eigenvalue weighted by Gasteiger charge is 2.12. The Bertz CT molecular complexity index is 550. The van der Waals surface area contributed by atoms with Crippen LogP contribution in [0.4, 0.5) is 0 Å². The third-order valence-electron chi connectivity index (χ3n) is 3.60. The zero-order valence-electron chi connectivity index (χ0n) is 12.9. The molecule has 0 aliphatic rings. The molecule has 2 rings (SSSR count). The Morgan fingerprint density at radius 2 is 1.70 bits per heavy atom. The van der Waals surface area contributed by atoms with Crippen LogP contribution in [0.3, 0.4) is 0 Å². The lowest BCUT2D eigenvalue weighted by Crippen LogP contribution is -2.14. The Hall–Kier alpha value is -1.67. The predicted molar refractivity (Wildman–Crippen MR) is 84.7 cm³/mol. The van der Waals surface area contributed by atoms with Crippen molar-refractivity contribution in [3.05, 3.63) is 65.0 Å². The van der Waals surface area contributed by atoms with Crippen LogP contribution in [0.5, 0.6) is 0 Å². The molecule has 2 aromatic rings. The summed E-state index contributed by atoms with van der Waals surface area (Å²) in [5.41, 5.74) is 5.48. The van der Waals surface area contributed by atoms with Gasteiger partial charge in [0.2, 0.25) is 0 Å². The van der Waals surface area contributed by atoms with Crippen molar-refractivity contribution < 1.29 is 0 Å². The summed E-state index contributed by atoms with van der Waals surface area (Å²) in [5, 5.41) is 3.49. The van der Waals surface area contributed by atoms with Crippen molar-refractivity contribution >= 4 is 0 Å². The number of pyridine rings is 1. The Morgan fingerprint density at radius 3 is 2.30 bits per heavy atom. The number of nitrogens with zero attached hydrogens (tertiary/aromatic N) is 1. The van der Waals surface area contributed by atoms with Crippen LogP contribution >= 0.6 is 0 Å². The molecule has 1 N–H and O–H groups in total. The molecule has 1 aromatic heterocycles. The SMILES string of the molecule is Cc1cnccc1CNCc1ccc(C(C)(C)C)cc1. The summed E-state index contributed by atoms with van der Waals surface area (Å²) < 4.78 is 0. The summed E-state index contributed by atoms with van der Waals surface area (Å²) in [7, 11) is 0. The van der Waals surface area contributed by atoms with E-state index in [-0.39, 0.29) is 5.41 Å². The van der Waals surface area contributed by atoms with Crippen LogP contribution in [0.25, 0.3) is 0 Å². The summed E-state index contributed by atoms with van der Waals surface area (Å²) in [6.45, 7) is 10.6. The second kappa shape index (κ2) is 6.19. The number of aryl methyl sites for hydroxylation is 1. The van der Waals surface area contributed by atoms with Gasteiger partial charge in [-0.3, -0.25) is 4.98 Å². The molecule has 1 heterocycles. The fraction of sp³-hybridized carbons (Fsp3) is 0.389. The number of nitrogens with one attached hydrogen (secondary N) is 1. The molecule has 1 aromatic carbocycles. The highest BCUT2D eigenvalue weighted by Crippen LogP contribution is 2.22. The van der Waals surface area contributed by atoms with E-state index in [1.807, 2.05) is 12.4 Å². The quantitative estimate of drug-likeness (QED) is 0.907. The molecular formula is C18H24N2. The number of benzene rings is 1. The van der Waals surface area contributed by atoms with Gasteiger partial charge in [0, 0.05) is 25.5 Å². The van der Waals surface area contributed by atoms with Crippen LogP contribution in [0.2, 0.25) is 0 Å². The molecule has 0 fully saturated rings. The normalized spacial score (nSPS) is 11.6. The second-order valence-corrected chi connectivity index (χ2v) is 6.35. The van der Waals surface area contributed by atoms with Crippen molar-refractivity contribution in [1.82, 2.24) is 10.3 Å². The molecule has 0 unspecified atom stereocenters. The van der Waals surface area contributed by atoms with Gasteiger partial charge in [-0.15, -0.1) is 0 Å². The van der Waals surface area contributed by atoms with E-state index in [4.69, 9.17) is 0 Å². The molecule has 0 bridgehead atoms. The maximum absolute atomic E-state index is 4.12. The average molecular weight is 268 g/mol. The standard InChI is InChI=1S/C18H24N2/c1-14-11-19-10-9-16(14)13-20-12-15-5-7-17(8-6-15)18(2,3)4/h5-11,20H,12-13H2,1-4H3. The molecule has 2 nitrogen and oxygen atoms in total.